The van der Waals surface area contributed by atoms with E-state index in [1.54, 1.807) is 43.3 Å². The molecule has 4 rings (SSSR count). The fraction of sp³-hybridized carbons (Fsp3) is 0.207. The number of carboxylic acids is 1. The van der Waals surface area contributed by atoms with Crippen molar-refractivity contribution in [1.82, 2.24) is 14.9 Å². The van der Waals surface area contributed by atoms with Crippen LogP contribution in [0.2, 0.25) is 0 Å². The first-order chi connectivity index (χ1) is 18.8. The van der Waals surface area contributed by atoms with Crippen LogP contribution in [0.1, 0.15) is 38.9 Å². The molecule has 10 heteroatoms. The van der Waals surface area contributed by atoms with Gasteiger partial charge in [0, 0.05) is 17.4 Å². The van der Waals surface area contributed by atoms with Gasteiger partial charge in [-0.05, 0) is 54.3 Å². The minimum absolute atomic E-state index is 0.00617. The summed E-state index contributed by atoms with van der Waals surface area (Å²) in [6, 6.07) is 16.6. The summed E-state index contributed by atoms with van der Waals surface area (Å²) in [5.41, 5.74) is 1.85. The summed E-state index contributed by atoms with van der Waals surface area (Å²) in [7, 11) is 0. The van der Waals surface area contributed by atoms with Crippen molar-refractivity contribution in [3.63, 3.8) is 0 Å². The number of carboxylic acid groups (broad SMARTS) is 1. The summed E-state index contributed by atoms with van der Waals surface area (Å²) >= 11 is 4.34. The van der Waals surface area contributed by atoms with Crippen LogP contribution in [-0.4, -0.2) is 44.9 Å². The summed E-state index contributed by atoms with van der Waals surface area (Å²) in [5.74, 6) is -2.23. The Labute approximate surface area is 229 Å². The van der Waals surface area contributed by atoms with E-state index < -0.39 is 17.7 Å². The van der Waals surface area contributed by atoms with Gasteiger partial charge < -0.3 is 15.2 Å². The lowest BCUT2D eigenvalue weighted by atomic mass is 9.98. The third-order valence-electron chi connectivity index (χ3n) is 6.07. The van der Waals surface area contributed by atoms with Crippen molar-refractivity contribution in [2.75, 3.05) is 12.4 Å². The molecule has 1 amide bonds. The van der Waals surface area contributed by atoms with Crippen molar-refractivity contribution in [2.24, 2.45) is 0 Å². The van der Waals surface area contributed by atoms with Crippen LogP contribution in [0.25, 0.3) is 11.1 Å². The number of amides is 1. The van der Waals surface area contributed by atoms with Crippen LogP contribution in [-0.2, 0) is 13.0 Å². The number of carbonyl (C=O) groups is 2. The summed E-state index contributed by atoms with van der Waals surface area (Å²) in [5, 5.41) is 12.4. The Bertz CT molecular complexity index is 1490. The Morgan fingerprint density at radius 1 is 1.05 bits per heavy atom. The molecule has 1 atom stereocenters. The smallest absolute Gasteiger partial charge is 0.336 e. The minimum atomic E-state index is -1.15. The molecule has 7 nitrogen and oxygen atoms in total. The average Bonchev–Trinajstić information content (AvgIpc) is 3.30. The van der Waals surface area contributed by atoms with E-state index >= 15 is 4.39 Å². The van der Waals surface area contributed by atoms with Crippen LogP contribution in [0.3, 0.4) is 0 Å². The topological polar surface area (TPSA) is 93.5 Å². The van der Waals surface area contributed by atoms with Gasteiger partial charge in [-0.15, -0.1) is 0 Å². The van der Waals surface area contributed by atoms with E-state index in [-0.39, 0.29) is 46.8 Å². The monoisotopic (exact) mass is 551 g/mol. The lowest BCUT2D eigenvalue weighted by Gasteiger charge is -2.18. The molecule has 1 heterocycles. The highest BCUT2D eigenvalue weighted by Gasteiger charge is 2.22. The van der Waals surface area contributed by atoms with Gasteiger partial charge in [0.05, 0.1) is 24.9 Å². The van der Waals surface area contributed by atoms with Gasteiger partial charge in [0.2, 0.25) is 0 Å². The number of thiol groups is 1. The summed E-state index contributed by atoms with van der Waals surface area (Å²) in [6.45, 7) is 2.16. The molecule has 0 spiro atoms. The first-order valence-corrected chi connectivity index (χ1v) is 12.9. The lowest BCUT2D eigenvalue weighted by molar-refractivity contribution is 0.0697. The number of benzene rings is 3. The highest BCUT2D eigenvalue weighted by atomic mass is 32.1. The highest BCUT2D eigenvalue weighted by molar-refractivity contribution is 7.80. The molecule has 0 unspecified atom stereocenters. The second-order valence-corrected chi connectivity index (χ2v) is 9.16. The van der Waals surface area contributed by atoms with Gasteiger partial charge in [-0.3, -0.25) is 9.36 Å². The van der Waals surface area contributed by atoms with E-state index in [4.69, 9.17) is 4.74 Å². The third kappa shape index (κ3) is 6.64. The molecule has 2 N–H and O–H groups in total. The number of ether oxygens (including phenoxy) is 1. The van der Waals surface area contributed by atoms with Crippen LogP contribution < -0.4 is 10.1 Å². The van der Waals surface area contributed by atoms with Crippen LogP contribution in [0.5, 0.6) is 6.01 Å². The van der Waals surface area contributed by atoms with E-state index in [1.165, 1.54) is 41.1 Å². The maximum Gasteiger partial charge on any atom is 0.336 e. The van der Waals surface area contributed by atoms with Crippen molar-refractivity contribution in [3.05, 3.63) is 107 Å². The molecule has 0 aliphatic rings. The van der Waals surface area contributed by atoms with Gasteiger partial charge in [-0.25, -0.2) is 18.6 Å². The van der Waals surface area contributed by atoms with Gasteiger partial charge in [0.15, 0.2) is 0 Å². The van der Waals surface area contributed by atoms with Crippen LogP contribution in [0.15, 0.2) is 72.9 Å². The number of nitrogens with one attached hydrogen (secondary N) is 1. The molecule has 0 aliphatic carbocycles. The molecule has 0 saturated heterocycles. The fourth-order valence-electron chi connectivity index (χ4n) is 4.27. The van der Waals surface area contributed by atoms with E-state index in [1.807, 2.05) is 0 Å². The zero-order chi connectivity index (χ0) is 27.9. The highest BCUT2D eigenvalue weighted by Crippen LogP contribution is 2.28. The standard InChI is InChI=1S/C29H27F2N3O4S/c1-2-38-29-32-15-26(27(35)33-21(17-39)13-18-6-5-7-20(30)12-18)34(29)16-19-10-11-23(25(31)14-19)22-8-3-4-9-24(22)28(36)37/h3-12,14-15,21,39H,2,13,16-17H2,1H3,(H,33,35)(H,36,37)/t21-/m1/s1. The van der Waals surface area contributed by atoms with Crippen molar-refractivity contribution in [1.29, 1.82) is 0 Å². The maximum absolute atomic E-state index is 15.2. The van der Waals surface area contributed by atoms with Crippen molar-refractivity contribution < 1.29 is 28.2 Å². The van der Waals surface area contributed by atoms with E-state index in [0.29, 0.717) is 24.3 Å². The van der Waals surface area contributed by atoms with Gasteiger partial charge in [0.1, 0.15) is 17.3 Å². The second kappa shape index (κ2) is 12.6. The largest absolute Gasteiger partial charge is 0.478 e. The van der Waals surface area contributed by atoms with Crippen molar-refractivity contribution >= 4 is 24.5 Å². The summed E-state index contributed by atoms with van der Waals surface area (Å²) in [6.07, 6.45) is 1.76. The molecule has 0 bridgehead atoms. The molecule has 202 valence electrons. The number of aromatic carboxylic acids is 1. The van der Waals surface area contributed by atoms with Crippen LogP contribution in [0.4, 0.5) is 8.78 Å². The average molecular weight is 552 g/mol. The summed E-state index contributed by atoms with van der Waals surface area (Å²) < 4.78 is 35.9. The minimum Gasteiger partial charge on any atom is -0.478 e. The zero-order valence-corrected chi connectivity index (χ0v) is 22.0. The van der Waals surface area contributed by atoms with E-state index in [9.17, 15) is 19.1 Å². The molecule has 1 aromatic heterocycles. The van der Waals surface area contributed by atoms with E-state index in [0.717, 1.165) is 5.56 Å². The Hall–Kier alpha value is -4.18. The lowest BCUT2D eigenvalue weighted by Crippen LogP contribution is -2.38. The van der Waals surface area contributed by atoms with Gasteiger partial charge in [-0.1, -0.05) is 42.5 Å². The number of aromatic nitrogens is 2. The van der Waals surface area contributed by atoms with Crippen LogP contribution in [0, 0.1) is 11.6 Å². The molecule has 39 heavy (non-hydrogen) atoms. The molecule has 0 radical (unpaired) electrons. The number of carbonyl (C=O) groups excluding carboxylic acids is 1. The Kier molecular flexibility index (Phi) is 8.98. The number of hydrogen-bond acceptors (Lipinski definition) is 5. The number of imidazole rings is 1. The molecule has 3 aromatic carbocycles. The molecule has 4 aromatic rings. The van der Waals surface area contributed by atoms with E-state index in [2.05, 4.69) is 22.9 Å². The normalized spacial score (nSPS) is 11.7. The SMILES string of the molecule is CCOc1ncc(C(=O)N[C@@H](CS)Cc2cccc(F)c2)n1Cc1ccc(-c2ccccc2C(=O)O)c(F)c1. The Morgan fingerprint density at radius 3 is 2.54 bits per heavy atom. The van der Waals surface area contributed by atoms with Crippen molar-refractivity contribution in [2.45, 2.75) is 25.9 Å². The van der Waals surface area contributed by atoms with Gasteiger partial charge in [0.25, 0.3) is 11.9 Å². The number of halogens is 2. The quantitative estimate of drug-likeness (QED) is 0.222. The van der Waals surface area contributed by atoms with Crippen LogP contribution >= 0.6 is 12.6 Å². The zero-order valence-electron chi connectivity index (χ0n) is 21.1. The molecule has 0 aliphatic heterocycles. The van der Waals surface area contributed by atoms with Gasteiger partial charge in [-0.2, -0.15) is 12.6 Å². The first kappa shape index (κ1) is 27.8. The predicted molar refractivity (Wildman–Crippen MR) is 147 cm³/mol. The second-order valence-electron chi connectivity index (χ2n) is 8.80. The van der Waals surface area contributed by atoms with Crippen molar-refractivity contribution in [3.8, 4) is 17.1 Å². The molecule has 0 fully saturated rings. The summed E-state index contributed by atoms with van der Waals surface area (Å²) in [4.78, 5) is 29.1. The number of hydrogen-bond donors (Lipinski definition) is 3. The third-order valence-corrected chi connectivity index (χ3v) is 6.51. The number of rotatable bonds is 11. The fourth-order valence-corrected chi connectivity index (χ4v) is 4.49. The molecule has 0 saturated carbocycles. The Morgan fingerprint density at radius 2 is 1.85 bits per heavy atom. The number of nitrogens with zero attached hydrogens (tertiary/aromatic N) is 2. The Balaban J connectivity index is 1.58. The van der Waals surface area contributed by atoms with Gasteiger partial charge >= 0.3 is 5.97 Å². The molecular weight excluding hydrogens is 524 g/mol. The first-order valence-electron chi connectivity index (χ1n) is 12.3. The maximum atomic E-state index is 15.2. The molecular formula is C29H27F2N3O4S. The predicted octanol–water partition coefficient (Wildman–Crippen LogP) is 5.24.